The molecule has 0 aliphatic carbocycles. The first-order valence-electron chi connectivity index (χ1n) is 8.46. The van der Waals surface area contributed by atoms with Crippen molar-refractivity contribution in [2.45, 2.75) is 13.8 Å². The molecule has 0 saturated carbocycles. The largest absolute Gasteiger partial charge is 0.354 e. The number of anilines is 4. The molecule has 1 heterocycles. The van der Waals surface area contributed by atoms with Crippen LogP contribution < -0.4 is 10.2 Å². The Balaban J connectivity index is 2.08. The summed E-state index contributed by atoms with van der Waals surface area (Å²) in [4.78, 5) is 21.2. The highest BCUT2D eigenvalue weighted by Gasteiger charge is 2.27. The first-order valence-corrected chi connectivity index (χ1v) is 8.84. The van der Waals surface area contributed by atoms with E-state index in [-0.39, 0.29) is 22.3 Å². The van der Waals surface area contributed by atoms with E-state index >= 15 is 0 Å². The monoisotopic (exact) mass is 401 g/mol. The number of halogens is 2. The first-order chi connectivity index (χ1) is 13.4. The van der Waals surface area contributed by atoms with Gasteiger partial charge in [0.25, 0.3) is 0 Å². The van der Waals surface area contributed by atoms with Crippen LogP contribution >= 0.6 is 11.6 Å². The van der Waals surface area contributed by atoms with Gasteiger partial charge in [-0.1, -0.05) is 23.7 Å². The predicted octanol–water partition coefficient (Wildman–Crippen LogP) is 5.39. The van der Waals surface area contributed by atoms with Gasteiger partial charge in [0.05, 0.1) is 9.95 Å². The van der Waals surface area contributed by atoms with Crippen molar-refractivity contribution >= 4 is 40.3 Å². The summed E-state index contributed by atoms with van der Waals surface area (Å²) < 4.78 is 13.4. The number of hydrogen-bond acceptors (Lipinski definition) is 6. The quantitative estimate of drug-likeness (QED) is 0.440. The molecule has 0 amide bonds. The van der Waals surface area contributed by atoms with E-state index in [2.05, 4.69) is 15.3 Å². The fourth-order valence-corrected chi connectivity index (χ4v) is 2.97. The number of nitrogens with zero attached hydrogens (tertiary/aromatic N) is 4. The highest BCUT2D eigenvalue weighted by Crippen LogP contribution is 2.37. The molecule has 28 heavy (non-hydrogen) atoms. The number of benzene rings is 2. The molecular weight excluding hydrogens is 385 g/mol. The molecule has 3 rings (SSSR count). The molecule has 0 radical (unpaired) electrons. The number of nitrogens with one attached hydrogen (secondary N) is 1. The van der Waals surface area contributed by atoms with Crippen molar-refractivity contribution < 1.29 is 9.31 Å². The van der Waals surface area contributed by atoms with Crippen molar-refractivity contribution in [3.8, 4) is 0 Å². The second-order valence-electron chi connectivity index (χ2n) is 5.99. The zero-order valence-electron chi connectivity index (χ0n) is 15.2. The van der Waals surface area contributed by atoms with Gasteiger partial charge >= 0.3 is 5.69 Å². The van der Waals surface area contributed by atoms with E-state index in [1.807, 2.05) is 38.1 Å². The van der Waals surface area contributed by atoms with Crippen molar-refractivity contribution in [1.82, 2.24) is 9.97 Å². The van der Waals surface area contributed by atoms with E-state index in [4.69, 9.17) is 11.6 Å². The van der Waals surface area contributed by atoms with E-state index < -0.39 is 10.7 Å². The SMILES string of the molecule is CCN(c1cccc(C)c1)c1ncnc(Nc2ccc(F)c(Cl)c2)c1[N+](=O)[O-]. The van der Waals surface area contributed by atoms with Crippen LogP contribution in [0.2, 0.25) is 5.02 Å². The van der Waals surface area contributed by atoms with Gasteiger partial charge in [0.1, 0.15) is 12.1 Å². The number of aryl methyl sites for hydroxylation is 1. The lowest BCUT2D eigenvalue weighted by molar-refractivity contribution is -0.383. The van der Waals surface area contributed by atoms with Crippen molar-refractivity contribution in [2.75, 3.05) is 16.8 Å². The first kappa shape index (κ1) is 19.5. The smallest absolute Gasteiger partial charge is 0.334 e. The zero-order valence-corrected chi connectivity index (χ0v) is 15.9. The minimum Gasteiger partial charge on any atom is -0.334 e. The fraction of sp³-hybridized carbons (Fsp3) is 0.158. The molecule has 0 aliphatic rings. The molecule has 9 heteroatoms. The molecular formula is C19H17ClFN5O2. The van der Waals surface area contributed by atoms with Gasteiger partial charge in [0.2, 0.25) is 11.6 Å². The minimum atomic E-state index is -0.582. The highest BCUT2D eigenvalue weighted by atomic mass is 35.5. The van der Waals surface area contributed by atoms with Gasteiger partial charge in [0, 0.05) is 17.9 Å². The molecule has 2 aromatic carbocycles. The van der Waals surface area contributed by atoms with Gasteiger partial charge in [-0.05, 0) is 49.7 Å². The fourth-order valence-electron chi connectivity index (χ4n) is 2.79. The Bertz CT molecular complexity index is 1030. The van der Waals surface area contributed by atoms with Crippen molar-refractivity contribution in [3.05, 3.63) is 75.3 Å². The molecule has 1 N–H and O–H groups in total. The molecule has 1 aromatic heterocycles. The normalized spacial score (nSPS) is 10.6. The summed E-state index contributed by atoms with van der Waals surface area (Å²) in [6, 6.07) is 11.5. The minimum absolute atomic E-state index is 0.0104. The molecule has 0 unspecified atom stereocenters. The molecule has 0 bridgehead atoms. The summed E-state index contributed by atoms with van der Waals surface area (Å²) in [5, 5.41) is 14.6. The maximum atomic E-state index is 13.4. The average Bonchev–Trinajstić information content (AvgIpc) is 2.65. The van der Waals surface area contributed by atoms with Crippen LogP contribution in [0.5, 0.6) is 0 Å². The molecule has 0 spiro atoms. The third kappa shape index (κ3) is 4.01. The third-order valence-electron chi connectivity index (χ3n) is 4.05. The Kier molecular flexibility index (Phi) is 5.70. The standard InChI is InChI=1S/C19H17ClFN5O2/c1-3-25(14-6-4-5-12(2)9-14)19-17(26(27)28)18(22-11-23-19)24-13-7-8-16(21)15(20)10-13/h4-11H,3H2,1-2H3,(H,22,23,24). The topological polar surface area (TPSA) is 84.2 Å². The van der Waals surface area contributed by atoms with Crippen molar-refractivity contribution in [3.63, 3.8) is 0 Å². The average molecular weight is 402 g/mol. The molecule has 0 fully saturated rings. The van der Waals surface area contributed by atoms with Crippen LogP contribution in [0.4, 0.5) is 33.1 Å². The lowest BCUT2D eigenvalue weighted by atomic mass is 10.2. The summed E-state index contributed by atoms with van der Waals surface area (Å²) in [7, 11) is 0. The second kappa shape index (κ2) is 8.18. The molecule has 0 saturated heterocycles. The van der Waals surface area contributed by atoms with Crippen molar-refractivity contribution in [1.29, 1.82) is 0 Å². The maximum absolute atomic E-state index is 13.4. The summed E-state index contributed by atoms with van der Waals surface area (Å²) in [5.41, 5.74) is 1.89. The van der Waals surface area contributed by atoms with Crippen LogP contribution in [0.3, 0.4) is 0 Å². The summed E-state index contributed by atoms with van der Waals surface area (Å²) in [5.74, 6) is -0.436. The van der Waals surface area contributed by atoms with E-state index in [0.717, 1.165) is 11.3 Å². The van der Waals surface area contributed by atoms with E-state index in [1.165, 1.54) is 24.5 Å². The third-order valence-corrected chi connectivity index (χ3v) is 4.34. The number of hydrogen-bond donors (Lipinski definition) is 1. The van der Waals surface area contributed by atoms with Crippen molar-refractivity contribution in [2.24, 2.45) is 0 Å². The molecule has 144 valence electrons. The van der Waals surface area contributed by atoms with Gasteiger partial charge < -0.3 is 10.2 Å². The van der Waals surface area contributed by atoms with Gasteiger partial charge in [-0.15, -0.1) is 0 Å². The Morgan fingerprint density at radius 2 is 2.04 bits per heavy atom. The van der Waals surface area contributed by atoms with E-state index in [9.17, 15) is 14.5 Å². The van der Waals surface area contributed by atoms with Crippen LogP contribution in [0.25, 0.3) is 0 Å². The Morgan fingerprint density at radius 1 is 1.25 bits per heavy atom. The van der Waals surface area contributed by atoms with Crippen LogP contribution in [-0.4, -0.2) is 21.4 Å². The van der Waals surface area contributed by atoms with Crippen LogP contribution in [-0.2, 0) is 0 Å². The Labute approximate surface area is 166 Å². The van der Waals surface area contributed by atoms with Gasteiger partial charge in [0.15, 0.2) is 0 Å². The van der Waals surface area contributed by atoms with Crippen LogP contribution in [0.1, 0.15) is 12.5 Å². The van der Waals surface area contributed by atoms with Crippen LogP contribution in [0, 0.1) is 22.9 Å². The molecule has 0 aliphatic heterocycles. The summed E-state index contributed by atoms with van der Waals surface area (Å²) >= 11 is 5.79. The maximum Gasteiger partial charge on any atom is 0.354 e. The summed E-state index contributed by atoms with van der Waals surface area (Å²) in [6.07, 6.45) is 1.24. The van der Waals surface area contributed by atoms with E-state index in [1.54, 1.807) is 4.90 Å². The Hall–Kier alpha value is -3.26. The summed E-state index contributed by atoms with van der Waals surface area (Å²) in [6.45, 7) is 4.28. The predicted molar refractivity (Wildman–Crippen MR) is 107 cm³/mol. The van der Waals surface area contributed by atoms with Crippen LogP contribution in [0.15, 0.2) is 48.8 Å². The highest BCUT2D eigenvalue weighted by molar-refractivity contribution is 6.31. The molecule has 7 nitrogen and oxygen atoms in total. The number of aromatic nitrogens is 2. The molecule has 0 atom stereocenters. The second-order valence-corrected chi connectivity index (χ2v) is 6.40. The van der Waals surface area contributed by atoms with E-state index in [0.29, 0.717) is 12.2 Å². The number of nitro groups is 1. The van der Waals surface area contributed by atoms with Gasteiger partial charge in [-0.25, -0.2) is 14.4 Å². The lowest BCUT2D eigenvalue weighted by Crippen LogP contribution is -2.20. The van der Waals surface area contributed by atoms with Gasteiger partial charge in [-0.3, -0.25) is 10.1 Å². The zero-order chi connectivity index (χ0) is 20.3. The molecule has 3 aromatic rings. The number of rotatable bonds is 6. The lowest BCUT2D eigenvalue weighted by Gasteiger charge is -2.22. The Morgan fingerprint density at radius 3 is 2.68 bits per heavy atom. The van der Waals surface area contributed by atoms with Gasteiger partial charge in [-0.2, -0.15) is 0 Å².